The molecule has 2 fully saturated rings. The first-order chi connectivity index (χ1) is 17.4. The molecule has 9 heteroatoms. The third-order valence-electron chi connectivity index (χ3n) is 7.25. The molecule has 3 aromatic rings. The van der Waals surface area contributed by atoms with Gasteiger partial charge >= 0.3 is 0 Å². The SMILES string of the molecule is CC(C)N1CCN(c2ccc(OCC3COC(Cn4cncn4)(c4ccc(F)cc4F)C3)cc2)CC1. The minimum atomic E-state index is -0.971. The number of rotatable bonds is 8. The first kappa shape index (κ1) is 24.6. The van der Waals surface area contributed by atoms with E-state index in [1.165, 1.54) is 24.1 Å². The van der Waals surface area contributed by atoms with Gasteiger partial charge in [-0.3, -0.25) is 4.90 Å². The van der Waals surface area contributed by atoms with Gasteiger partial charge in [0.05, 0.1) is 19.8 Å². The van der Waals surface area contributed by atoms with Crippen LogP contribution in [0.15, 0.2) is 55.1 Å². The Morgan fingerprint density at radius 3 is 2.53 bits per heavy atom. The number of hydrogen-bond donors (Lipinski definition) is 0. The van der Waals surface area contributed by atoms with E-state index in [4.69, 9.17) is 9.47 Å². The third kappa shape index (κ3) is 5.37. The Balaban J connectivity index is 1.21. The summed E-state index contributed by atoms with van der Waals surface area (Å²) in [5.41, 5.74) is 0.555. The molecule has 0 bridgehead atoms. The molecule has 0 amide bonds. The van der Waals surface area contributed by atoms with Crippen LogP contribution in [0.5, 0.6) is 5.75 Å². The molecular formula is C27H33F2N5O2. The Morgan fingerprint density at radius 1 is 1.08 bits per heavy atom. The van der Waals surface area contributed by atoms with Gasteiger partial charge < -0.3 is 14.4 Å². The van der Waals surface area contributed by atoms with Gasteiger partial charge in [-0.15, -0.1) is 0 Å². The Morgan fingerprint density at radius 2 is 1.86 bits per heavy atom. The van der Waals surface area contributed by atoms with Crippen LogP contribution >= 0.6 is 0 Å². The van der Waals surface area contributed by atoms with Gasteiger partial charge in [0.2, 0.25) is 0 Å². The summed E-state index contributed by atoms with van der Waals surface area (Å²) in [5.74, 6) is -0.403. The van der Waals surface area contributed by atoms with Crippen LogP contribution in [0.25, 0.3) is 0 Å². The quantitative estimate of drug-likeness (QED) is 0.467. The highest BCUT2D eigenvalue weighted by molar-refractivity contribution is 5.49. The molecule has 2 atom stereocenters. The van der Waals surface area contributed by atoms with Crippen LogP contribution in [0.3, 0.4) is 0 Å². The van der Waals surface area contributed by atoms with Gasteiger partial charge in [-0.2, -0.15) is 5.10 Å². The van der Waals surface area contributed by atoms with Crippen LogP contribution in [0.2, 0.25) is 0 Å². The monoisotopic (exact) mass is 497 g/mol. The number of piperazine rings is 1. The summed E-state index contributed by atoms with van der Waals surface area (Å²) < 4.78 is 42.3. The summed E-state index contributed by atoms with van der Waals surface area (Å²) in [5, 5.41) is 4.17. The maximum absolute atomic E-state index is 14.8. The summed E-state index contributed by atoms with van der Waals surface area (Å²) in [6, 6.07) is 12.4. The highest BCUT2D eigenvalue weighted by Gasteiger charge is 2.44. The topological polar surface area (TPSA) is 55.7 Å². The molecule has 0 N–H and O–H groups in total. The van der Waals surface area contributed by atoms with Crippen molar-refractivity contribution in [3.8, 4) is 5.75 Å². The lowest BCUT2D eigenvalue weighted by molar-refractivity contribution is -0.0206. The minimum Gasteiger partial charge on any atom is -0.493 e. The maximum Gasteiger partial charge on any atom is 0.137 e. The number of anilines is 1. The van der Waals surface area contributed by atoms with Crippen LogP contribution in [-0.4, -0.2) is 65.1 Å². The van der Waals surface area contributed by atoms with Crippen LogP contribution in [0.1, 0.15) is 25.8 Å². The molecule has 0 saturated carbocycles. The number of aromatic nitrogens is 3. The molecule has 2 unspecified atom stereocenters. The van der Waals surface area contributed by atoms with Crippen LogP contribution < -0.4 is 9.64 Å². The summed E-state index contributed by atoms with van der Waals surface area (Å²) in [4.78, 5) is 8.89. The highest BCUT2D eigenvalue weighted by Crippen LogP contribution is 2.42. The molecule has 7 nitrogen and oxygen atoms in total. The van der Waals surface area contributed by atoms with Crippen molar-refractivity contribution in [1.29, 1.82) is 0 Å². The summed E-state index contributed by atoms with van der Waals surface area (Å²) >= 11 is 0. The van der Waals surface area contributed by atoms with Gasteiger partial charge in [-0.05, 0) is 50.6 Å². The largest absolute Gasteiger partial charge is 0.493 e. The van der Waals surface area contributed by atoms with Crippen molar-refractivity contribution in [2.75, 3.05) is 44.3 Å². The maximum atomic E-state index is 14.8. The highest BCUT2D eigenvalue weighted by atomic mass is 19.1. The second-order valence-electron chi connectivity index (χ2n) is 10.0. The Hall–Kier alpha value is -3.04. The summed E-state index contributed by atoms with van der Waals surface area (Å²) in [7, 11) is 0. The third-order valence-corrected chi connectivity index (χ3v) is 7.25. The van der Waals surface area contributed by atoms with Crippen molar-refractivity contribution in [2.45, 2.75) is 38.5 Å². The average Bonchev–Trinajstić information content (AvgIpc) is 3.54. The predicted octanol–water partition coefficient (Wildman–Crippen LogP) is 4.10. The normalized spacial score (nSPS) is 22.9. The predicted molar refractivity (Wildman–Crippen MR) is 133 cm³/mol. The second-order valence-corrected chi connectivity index (χ2v) is 10.0. The first-order valence-corrected chi connectivity index (χ1v) is 12.6. The molecule has 2 saturated heterocycles. The van der Waals surface area contributed by atoms with Gasteiger partial charge in [0.25, 0.3) is 0 Å². The molecule has 2 aromatic carbocycles. The van der Waals surface area contributed by atoms with Gasteiger partial charge in [-0.1, -0.05) is 6.07 Å². The van der Waals surface area contributed by atoms with E-state index >= 15 is 0 Å². The average molecular weight is 498 g/mol. The minimum absolute atomic E-state index is 0.0433. The molecule has 2 aliphatic rings. The van der Waals surface area contributed by atoms with Gasteiger partial charge in [0.1, 0.15) is 35.6 Å². The molecule has 36 heavy (non-hydrogen) atoms. The zero-order valence-electron chi connectivity index (χ0n) is 20.8. The van der Waals surface area contributed by atoms with Crippen molar-refractivity contribution < 1.29 is 18.3 Å². The van der Waals surface area contributed by atoms with Crippen LogP contribution in [0.4, 0.5) is 14.5 Å². The number of hydrogen-bond acceptors (Lipinski definition) is 6. The second kappa shape index (κ2) is 10.5. The standard InChI is InChI=1S/C27H33F2N5O2/c1-20(2)32-9-11-33(12-10-32)23-4-6-24(7-5-23)35-15-21-14-27(36-16-21,17-34-19-30-18-31-34)25-8-3-22(28)13-26(25)29/h3-8,13,18-21H,9-12,14-17H2,1-2H3. The zero-order chi connectivity index (χ0) is 25.1. The van der Waals surface area contributed by atoms with Crippen molar-refractivity contribution in [2.24, 2.45) is 5.92 Å². The van der Waals surface area contributed by atoms with Crippen LogP contribution in [0, 0.1) is 17.6 Å². The van der Waals surface area contributed by atoms with Gasteiger partial charge in [-0.25, -0.2) is 18.4 Å². The Labute approximate surface area is 210 Å². The fraction of sp³-hybridized carbons (Fsp3) is 0.481. The number of halogens is 2. The fourth-order valence-corrected chi connectivity index (χ4v) is 5.25. The van der Waals surface area contributed by atoms with E-state index in [9.17, 15) is 8.78 Å². The lowest BCUT2D eigenvalue weighted by Gasteiger charge is -2.38. The number of benzene rings is 2. The Bertz CT molecular complexity index is 1130. The van der Waals surface area contributed by atoms with Crippen LogP contribution in [-0.2, 0) is 16.9 Å². The summed E-state index contributed by atoms with van der Waals surface area (Å²) in [6.07, 6.45) is 3.52. The molecular weight excluding hydrogens is 464 g/mol. The van der Waals surface area contributed by atoms with Crippen molar-refractivity contribution >= 4 is 5.69 Å². The Kier molecular flexibility index (Phi) is 7.20. The van der Waals surface area contributed by atoms with Gasteiger partial charge in [0.15, 0.2) is 0 Å². The van der Waals surface area contributed by atoms with Crippen molar-refractivity contribution in [1.82, 2.24) is 19.7 Å². The lowest BCUT2D eigenvalue weighted by atomic mass is 9.87. The van der Waals surface area contributed by atoms with E-state index in [0.717, 1.165) is 38.0 Å². The molecule has 3 heterocycles. The molecule has 0 spiro atoms. The van der Waals surface area contributed by atoms with E-state index in [1.807, 2.05) is 12.1 Å². The molecule has 0 radical (unpaired) electrons. The number of ether oxygens (including phenoxy) is 2. The fourth-order valence-electron chi connectivity index (χ4n) is 5.25. The van der Waals surface area contributed by atoms with Gasteiger partial charge in [0, 0.05) is 55.5 Å². The van der Waals surface area contributed by atoms with Crippen molar-refractivity contribution in [3.63, 3.8) is 0 Å². The molecule has 2 aliphatic heterocycles. The zero-order valence-corrected chi connectivity index (χ0v) is 20.8. The molecule has 1 aromatic heterocycles. The smallest absolute Gasteiger partial charge is 0.137 e. The lowest BCUT2D eigenvalue weighted by Crippen LogP contribution is -2.48. The van der Waals surface area contributed by atoms with E-state index in [0.29, 0.717) is 31.2 Å². The van der Waals surface area contributed by atoms with E-state index in [1.54, 1.807) is 11.0 Å². The summed E-state index contributed by atoms with van der Waals surface area (Å²) in [6.45, 7) is 9.79. The molecule has 0 aliphatic carbocycles. The van der Waals surface area contributed by atoms with E-state index < -0.39 is 17.2 Å². The molecule has 192 valence electrons. The van der Waals surface area contributed by atoms with E-state index in [2.05, 4.69) is 45.9 Å². The first-order valence-electron chi connectivity index (χ1n) is 12.6. The number of nitrogens with zero attached hydrogens (tertiary/aromatic N) is 5. The molecule has 5 rings (SSSR count). The van der Waals surface area contributed by atoms with Crippen molar-refractivity contribution in [3.05, 3.63) is 72.3 Å². The van der Waals surface area contributed by atoms with E-state index in [-0.39, 0.29) is 12.5 Å².